The molecule has 0 spiro atoms. The van der Waals surface area contributed by atoms with Gasteiger partial charge in [0, 0.05) is 5.56 Å². The van der Waals surface area contributed by atoms with Gasteiger partial charge in [0.2, 0.25) is 0 Å². The third-order valence-electron chi connectivity index (χ3n) is 2.00. The minimum absolute atomic E-state index is 0.256. The second-order valence-electron chi connectivity index (χ2n) is 3.30. The Morgan fingerprint density at radius 1 is 1.38 bits per heavy atom. The number of hydrogen-bond acceptors (Lipinski definition) is 1. The van der Waals surface area contributed by atoms with Crippen molar-refractivity contribution >= 4 is 5.78 Å². The first-order chi connectivity index (χ1) is 6.16. The molecule has 0 aliphatic heterocycles. The van der Waals surface area contributed by atoms with E-state index in [1.165, 1.54) is 0 Å². The van der Waals surface area contributed by atoms with Crippen molar-refractivity contribution in [1.29, 1.82) is 0 Å². The number of ketones is 1. The zero-order valence-electron chi connectivity index (χ0n) is 7.88. The second-order valence-corrected chi connectivity index (χ2v) is 3.30. The molecule has 0 aliphatic rings. The number of benzene rings is 1. The first kappa shape index (κ1) is 9.90. The highest BCUT2D eigenvalue weighted by Crippen LogP contribution is 2.19. The van der Waals surface area contributed by atoms with E-state index in [2.05, 4.69) is 0 Å². The largest absolute Gasteiger partial charge is 0.291 e. The van der Waals surface area contributed by atoms with Crippen molar-refractivity contribution in [3.8, 4) is 0 Å². The Labute approximate surface area is 77.6 Å². The number of rotatable bonds is 3. The molecule has 0 saturated carbocycles. The Hall–Kier alpha value is -1.18. The summed E-state index contributed by atoms with van der Waals surface area (Å²) in [5.74, 6) is -0.170. The zero-order chi connectivity index (χ0) is 9.84. The van der Waals surface area contributed by atoms with E-state index in [1.807, 2.05) is 26.0 Å². The number of hydrogen-bond donors (Lipinski definition) is 0. The first-order valence-electron chi connectivity index (χ1n) is 4.35. The van der Waals surface area contributed by atoms with Gasteiger partial charge in [0.1, 0.15) is 0 Å². The summed E-state index contributed by atoms with van der Waals surface area (Å²) in [6.45, 7) is 3.07. The summed E-state index contributed by atoms with van der Waals surface area (Å²) >= 11 is 0. The van der Waals surface area contributed by atoms with Crippen molar-refractivity contribution in [1.82, 2.24) is 0 Å². The topological polar surface area (TPSA) is 17.1 Å². The molecule has 0 saturated heterocycles. The summed E-state index contributed by atoms with van der Waals surface area (Å²) in [6, 6.07) is 7.17. The van der Waals surface area contributed by atoms with Gasteiger partial charge in [-0.05, 0) is 11.5 Å². The van der Waals surface area contributed by atoms with Crippen LogP contribution in [0.3, 0.4) is 0 Å². The quantitative estimate of drug-likeness (QED) is 0.653. The highest BCUT2D eigenvalue weighted by molar-refractivity contribution is 5.98. The van der Waals surface area contributed by atoms with Crippen molar-refractivity contribution in [3.05, 3.63) is 35.4 Å². The van der Waals surface area contributed by atoms with Gasteiger partial charge in [0.05, 0.1) is 0 Å². The maximum Gasteiger partial charge on any atom is 0.194 e. The molecule has 0 heterocycles. The van der Waals surface area contributed by atoms with Crippen molar-refractivity contribution in [2.75, 3.05) is 6.67 Å². The fourth-order valence-corrected chi connectivity index (χ4v) is 1.33. The lowest BCUT2D eigenvalue weighted by Crippen LogP contribution is -2.06. The van der Waals surface area contributed by atoms with E-state index in [9.17, 15) is 9.18 Å². The smallest absolute Gasteiger partial charge is 0.194 e. The zero-order valence-corrected chi connectivity index (χ0v) is 7.88. The molecule has 0 aliphatic carbocycles. The van der Waals surface area contributed by atoms with Crippen LogP contribution in [-0.2, 0) is 0 Å². The monoisotopic (exact) mass is 180 g/mol. The van der Waals surface area contributed by atoms with E-state index >= 15 is 0 Å². The molecule has 2 heteroatoms. The standard InChI is InChI=1S/C11H13FO/c1-8(2)9-5-3-4-6-10(9)11(13)7-12/h3-6,8H,7H2,1-2H3. The summed E-state index contributed by atoms with van der Waals surface area (Å²) in [5, 5.41) is 0. The van der Waals surface area contributed by atoms with E-state index < -0.39 is 12.5 Å². The van der Waals surface area contributed by atoms with Gasteiger partial charge in [0.15, 0.2) is 12.5 Å². The van der Waals surface area contributed by atoms with Gasteiger partial charge < -0.3 is 0 Å². The third-order valence-corrected chi connectivity index (χ3v) is 2.00. The van der Waals surface area contributed by atoms with Crippen molar-refractivity contribution in [2.45, 2.75) is 19.8 Å². The number of Topliss-reactive ketones (excluding diaryl/α,β-unsaturated/α-hetero) is 1. The molecule has 0 N–H and O–H groups in total. The summed E-state index contributed by atoms with van der Waals surface area (Å²) in [5.41, 5.74) is 1.44. The molecule has 13 heavy (non-hydrogen) atoms. The molecule has 0 radical (unpaired) electrons. The van der Waals surface area contributed by atoms with E-state index in [0.717, 1.165) is 5.56 Å². The van der Waals surface area contributed by atoms with Crippen LogP contribution in [0.1, 0.15) is 35.7 Å². The van der Waals surface area contributed by atoms with Gasteiger partial charge in [-0.25, -0.2) is 4.39 Å². The molecule has 0 aromatic heterocycles. The number of carbonyl (C=O) groups excluding carboxylic acids is 1. The Morgan fingerprint density at radius 2 is 2.00 bits per heavy atom. The van der Waals surface area contributed by atoms with E-state index in [4.69, 9.17) is 0 Å². The summed E-state index contributed by atoms with van der Waals surface area (Å²) in [6.07, 6.45) is 0. The highest BCUT2D eigenvalue weighted by Gasteiger charge is 2.11. The maximum atomic E-state index is 12.2. The van der Waals surface area contributed by atoms with Gasteiger partial charge in [-0.1, -0.05) is 38.1 Å². The minimum atomic E-state index is -0.913. The highest BCUT2D eigenvalue weighted by atomic mass is 19.1. The Balaban J connectivity index is 3.12. The molecular weight excluding hydrogens is 167 g/mol. The molecule has 1 aromatic rings. The van der Waals surface area contributed by atoms with Crippen LogP contribution >= 0.6 is 0 Å². The molecule has 1 aromatic carbocycles. The molecule has 70 valence electrons. The fraction of sp³-hybridized carbons (Fsp3) is 0.364. The lowest BCUT2D eigenvalue weighted by Gasteiger charge is -2.09. The fourth-order valence-electron chi connectivity index (χ4n) is 1.33. The van der Waals surface area contributed by atoms with Crippen LogP contribution in [0.5, 0.6) is 0 Å². The molecule has 0 fully saturated rings. The van der Waals surface area contributed by atoms with Crippen LogP contribution < -0.4 is 0 Å². The molecule has 1 nitrogen and oxygen atoms in total. The van der Waals surface area contributed by atoms with Crippen molar-refractivity contribution in [3.63, 3.8) is 0 Å². The van der Waals surface area contributed by atoms with E-state index in [-0.39, 0.29) is 5.92 Å². The Kier molecular flexibility index (Phi) is 3.18. The van der Waals surface area contributed by atoms with Gasteiger partial charge in [-0.3, -0.25) is 4.79 Å². The van der Waals surface area contributed by atoms with Crippen LogP contribution in [-0.4, -0.2) is 12.5 Å². The van der Waals surface area contributed by atoms with Gasteiger partial charge in [-0.15, -0.1) is 0 Å². The molecule has 0 atom stereocenters. The van der Waals surface area contributed by atoms with Crippen LogP contribution in [0.4, 0.5) is 4.39 Å². The Bertz CT molecular complexity index is 305. The molecule has 0 unspecified atom stereocenters. The summed E-state index contributed by atoms with van der Waals surface area (Å²) in [7, 11) is 0. The van der Waals surface area contributed by atoms with E-state index in [0.29, 0.717) is 5.56 Å². The normalized spacial score (nSPS) is 10.5. The second kappa shape index (κ2) is 4.17. The van der Waals surface area contributed by atoms with Crippen LogP contribution in [0.2, 0.25) is 0 Å². The van der Waals surface area contributed by atoms with Gasteiger partial charge in [0.25, 0.3) is 0 Å². The Morgan fingerprint density at radius 3 is 2.54 bits per heavy atom. The van der Waals surface area contributed by atoms with Gasteiger partial charge in [-0.2, -0.15) is 0 Å². The van der Waals surface area contributed by atoms with Crippen LogP contribution in [0, 0.1) is 0 Å². The minimum Gasteiger partial charge on any atom is -0.291 e. The van der Waals surface area contributed by atoms with Crippen molar-refractivity contribution in [2.24, 2.45) is 0 Å². The molecule has 1 rings (SSSR count). The number of carbonyl (C=O) groups is 1. The number of halogens is 1. The van der Waals surface area contributed by atoms with Crippen molar-refractivity contribution < 1.29 is 9.18 Å². The summed E-state index contributed by atoms with van der Waals surface area (Å²) < 4.78 is 12.2. The first-order valence-corrected chi connectivity index (χ1v) is 4.35. The average molecular weight is 180 g/mol. The lowest BCUT2D eigenvalue weighted by atomic mass is 9.95. The molecular formula is C11H13FO. The predicted molar refractivity (Wildman–Crippen MR) is 50.8 cm³/mol. The average Bonchev–Trinajstić information content (AvgIpc) is 2.16. The SMILES string of the molecule is CC(C)c1ccccc1C(=O)CF. The van der Waals surface area contributed by atoms with Crippen LogP contribution in [0.25, 0.3) is 0 Å². The predicted octanol–water partition coefficient (Wildman–Crippen LogP) is 2.96. The summed E-state index contributed by atoms with van der Waals surface area (Å²) in [4.78, 5) is 11.2. The van der Waals surface area contributed by atoms with E-state index in [1.54, 1.807) is 12.1 Å². The molecule has 0 bridgehead atoms. The lowest BCUT2D eigenvalue weighted by molar-refractivity contribution is 0.0957. The van der Waals surface area contributed by atoms with Crippen LogP contribution in [0.15, 0.2) is 24.3 Å². The maximum absolute atomic E-state index is 12.2. The third kappa shape index (κ3) is 2.14. The number of alkyl halides is 1. The molecule has 0 amide bonds. The van der Waals surface area contributed by atoms with Gasteiger partial charge >= 0.3 is 0 Å².